The maximum atomic E-state index is 13.5. The lowest BCUT2D eigenvalue weighted by molar-refractivity contribution is -0.148. The third-order valence-corrected chi connectivity index (χ3v) is 5.96. The van der Waals surface area contributed by atoms with Gasteiger partial charge in [-0.2, -0.15) is 0 Å². The van der Waals surface area contributed by atoms with Gasteiger partial charge in [0.2, 0.25) is 5.43 Å². The first-order valence-electron chi connectivity index (χ1n) is 10.4. The van der Waals surface area contributed by atoms with Gasteiger partial charge in [-0.3, -0.25) is 14.5 Å². The molecule has 0 spiro atoms. The van der Waals surface area contributed by atoms with Crippen molar-refractivity contribution in [2.75, 3.05) is 27.1 Å². The molecule has 1 aromatic heterocycles. The fourth-order valence-corrected chi connectivity index (χ4v) is 4.19. The van der Waals surface area contributed by atoms with Crippen LogP contribution in [0.4, 0.5) is 0 Å². The number of hydrogen-bond acceptors (Lipinski definition) is 8. The van der Waals surface area contributed by atoms with E-state index in [4.69, 9.17) is 23.4 Å². The maximum Gasteiger partial charge on any atom is 0.322 e. The topological polar surface area (TPSA) is 87.4 Å². The molecule has 8 nitrogen and oxygen atoms in total. The summed E-state index contributed by atoms with van der Waals surface area (Å²) < 4.78 is 28.1. The zero-order valence-electron chi connectivity index (χ0n) is 18.1. The lowest BCUT2D eigenvalue weighted by atomic mass is 10.00. The highest BCUT2D eigenvalue weighted by molar-refractivity contribution is 5.87. The minimum atomic E-state index is -0.492. The molecule has 2 aromatic carbocycles. The number of carbonyl (C=O) groups is 1. The van der Waals surface area contributed by atoms with E-state index in [2.05, 4.69) is 0 Å². The fourth-order valence-electron chi connectivity index (χ4n) is 4.19. The second kappa shape index (κ2) is 7.87. The zero-order valence-corrected chi connectivity index (χ0v) is 18.1. The number of ether oxygens (including phenoxy) is 4. The average Bonchev–Trinajstić information content (AvgIpc) is 2.82. The van der Waals surface area contributed by atoms with Gasteiger partial charge < -0.3 is 23.4 Å². The summed E-state index contributed by atoms with van der Waals surface area (Å²) in [7, 11) is 1.36. The maximum absolute atomic E-state index is 13.5. The Morgan fingerprint density at radius 3 is 2.59 bits per heavy atom. The summed E-state index contributed by atoms with van der Waals surface area (Å²) in [5.41, 5.74) is 2.25. The van der Waals surface area contributed by atoms with Crippen LogP contribution in [0.1, 0.15) is 18.2 Å². The van der Waals surface area contributed by atoms with Gasteiger partial charge in [-0.1, -0.05) is 6.07 Å². The molecule has 0 radical (unpaired) electrons. The van der Waals surface area contributed by atoms with E-state index >= 15 is 0 Å². The number of rotatable bonds is 3. The lowest BCUT2D eigenvalue weighted by Crippen LogP contribution is -2.43. The SMILES string of the molecule is COC(=O)C(C)N1COc2ccc3c(=O)c(-c4ccc5c(c4)OCCO5)c(C)oc3c2C1. The van der Waals surface area contributed by atoms with Gasteiger partial charge >= 0.3 is 5.97 Å². The van der Waals surface area contributed by atoms with Gasteiger partial charge in [0.05, 0.1) is 23.6 Å². The number of nitrogens with zero attached hydrogens (tertiary/aromatic N) is 1. The van der Waals surface area contributed by atoms with E-state index in [1.165, 1.54) is 7.11 Å². The quantitative estimate of drug-likeness (QED) is 0.577. The second-order valence-electron chi connectivity index (χ2n) is 7.86. The van der Waals surface area contributed by atoms with Gasteiger partial charge in [0.25, 0.3) is 0 Å². The van der Waals surface area contributed by atoms with Crippen molar-refractivity contribution in [2.24, 2.45) is 0 Å². The minimum absolute atomic E-state index is 0.138. The minimum Gasteiger partial charge on any atom is -0.486 e. The van der Waals surface area contributed by atoms with Gasteiger partial charge in [-0.05, 0) is 43.7 Å². The molecular formula is C24H23NO7. The van der Waals surface area contributed by atoms with E-state index in [1.807, 2.05) is 11.0 Å². The Labute approximate surface area is 184 Å². The molecule has 0 saturated heterocycles. The Hall–Kier alpha value is -3.52. The first kappa shape index (κ1) is 20.4. The van der Waals surface area contributed by atoms with Crippen molar-refractivity contribution < 1.29 is 28.2 Å². The van der Waals surface area contributed by atoms with Crippen LogP contribution in [0.3, 0.4) is 0 Å². The summed E-state index contributed by atoms with van der Waals surface area (Å²) in [4.78, 5) is 27.3. The van der Waals surface area contributed by atoms with Crippen molar-refractivity contribution in [3.05, 3.63) is 51.9 Å². The first-order chi connectivity index (χ1) is 15.5. The Morgan fingerprint density at radius 1 is 1.06 bits per heavy atom. The molecule has 0 amide bonds. The summed E-state index contributed by atoms with van der Waals surface area (Å²) in [5, 5.41) is 0.454. The molecule has 0 N–H and O–H groups in total. The molecule has 0 saturated carbocycles. The van der Waals surface area contributed by atoms with Crippen molar-refractivity contribution in [3.8, 4) is 28.4 Å². The van der Waals surface area contributed by atoms with Gasteiger partial charge in [-0.25, -0.2) is 0 Å². The van der Waals surface area contributed by atoms with Crippen molar-refractivity contribution in [2.45, 2.75) is 26.4 Å². The summed E-state index contributed by atoms with van der Waals surface area (Å²) in [6, 6.07) is 8.45. The molecule has 0 bridgehead atoms. The second-order valence-corrected chi connectivity index (χ2v) is 7.86. The van der Waals surface area contributed by atoms with Crippen molar-refractivity contribution in [3.63, 3.8) is 0 Å². The first-order valence-corrected chi connectivity index (χ1v) is 10.4. The van der Waals surface area contributed by atoms with E-state index in [0.717, 1.165) is 5.56 Å². The highest BCUT2D eigenvalue weighted by atomic mass is 16.6. The highest BCUT2D eigenvalue weighted by Crippen LogP contribution is 2.37. The van der Waals surface area contributed by atoms with Crippen molar-refractivity contribution >= 4 is 16.9 Å². The third-order valence-electron chi connectivity index (χ3n) is 5.96. The molecule has 0 aliphatic carbocycles. The highest BCUT2D eigenvalue weighted by Gasteiger charge is 2.30. The standard InChI is InChI=1S/C24H23NO7/c1-13(24(27)28-3)25-11-17-18(31-12-25)7-5-16-22(26)21(14(2)32-23(16)17)15-4-6-19-20(10-15)30-9-8-29-19/h4-7,10,13H,8-9,11-12H2,1-3H3. The third kappa shape index (κ3) is 3.27. The summed E-state index contributed by atoms with van der Waals surface area (Å²) in [5.74, 6) is 2.05. The van der Waals surface area contributed by atoms with Crippen LogP contribution in [-0.2, 0) is 16.1 Å². The van der Waals surface area contributed by atoms with E-state index in [0.29, 0.717) is 64.9 Å². The number of aryl methyl sites for hydroxylation is 1. The van der Waals surface area contributed by atoms with Gasteiger partial charge in [0.15, 0.2) is 11.5 Å². The summed E-state index contributed by atoms with van der Waals surface area (Å²) in [6.07, 6.45) is 0. The monoisotopic (exact) mass is 437 g/mol. The Balaban J connectivity index is 1.60. The normalized spacial score (nSPS) is 16.2. The van der Waals surface area contributed by atoms with Crippen LogP contribution in [0.15, 0.2) is 39.5 Å². The van der Waals surface area contributed by atoms with Crippen LogP contribution >= 0.6 is 0 Å². The van der Waals surface area contributed by atoms with Crippen LogP contribution < -0.4 is 19.6 Å². The van der Waals surface area contributed by atoms with Crippen LogP contribution in [0.2, 0.25) is 0 Å². The van der Waals surface area contributed by atoms with Gasteiger partial charge in [0, 0.05) is 6.54 Å². The smallest absolute Gasteiger partial charge is 0.322 e. The Morgan fingerprint density at radius 2 is 1.81 bits per heavy atom. The molecule has 1 atom stereocenters. The van der Waals surface area contributed by atoms with Gasteiger partial charge in [0.1, 0.15) is 43.1 Å². The molecule has 3 heterocycles. The van der Waals surface area contributed by atoms with E-state index in [-0.39, 0.29) is 18.1 Å². The Bertz CT molecular complexity index is 1280. The molecule has 2 aliphatic rings. The predicted molar refractivity (Wildman–Crippen MR) is 116 cm³/mol. The number of fused-ring (bicyclic) bond motifs is 4. The van der Waals surface area contributed by atoms with Gasteiger partial charge in [-0.15, -0.1) is 0 Å². The lowest BCUT2D eigenvalue weighted by Gasteiger charge is -2.32. The molecule has 2 aliphatic heterocycles. The van der Waals surface area contributed by atoms with E-state index < -0.39 is 6.04 Å². The summed E-state index contributed by atoms with van der Waals surface area (Å²) in [6.45, 7) is 5.14. The van der Waals surface area contributed by atoms with Crippen LogP contribution in [0, 0.1) is 6.92 Å². The number of hydrogen-bond donors (Lipinski definition) is 0. The molecular weight excluding hydrogens is 414 g/mol. The number of benzene rings is 2. The molecule has 3 aromatic rings. The molecule has 0 fully saturated rings. The number of methoxy groups -OCH3 is 1. The Kier molecular flexibility index (Phi) is 5.01. The fraction of sp³-hybridized carbons (Fsp3) is 0.333. The molecule has 1 unspecified atom stereocenters. The largest absolute Gasteiger partial charge is 0.486 e. The molecule has 5 rings (SSSR count). The molecule has 166 valence electrons. The van der Waals surface area contributed by atoms with Crippen LogP contribution in [0.25, 0.3) is 22.1 Å². The molecule has 8 heteroatoms. The van der Waals surface area contributed by atoms with Crippen LogP contribution in [-0.4, -0.2) is 44.0 Å². The molecule has 32 heavy (non-hydrogen) atoms. The van der Waals surface area contributed by atoms with Crippen LogP contribution in [0.5, 0.6) is 17.2 Å². The van der Waals surface area contributed by atoms with Crippen molar-refractivity contribution in [1.82, 2.24) is 4.90 Å². The number of carbonyl (C=O) groups excluding carboxylic acids is 1. The predicted octanol–water partition coefficient (Wildman–Crippen LogP) is 3.25. The number of esters is 1. The average molecular weight is 437 g/mol. The van der Waals surface area contributed by atoms with E-state index in [9.17, 15) is 9.59 Å². The van der Waals surface area contributed by atoms with E-state index in [1.54, 1.807) is 38.1 Å². The summed E-state index contributed by atoms with van der Waals surface area (Å²) >= 11 is 0. The van der Waals surface area contributed by atoms with Crippen molar-refractivity contribution in [1.29, 1.82) is 0 Å². The zero-order chi connectivity index (χ0) is 22.4.